The first-order valence-electron chi connectivity index (χ1n) is 10.0. The standard InChI is InChI=1S/C23H29N3O3S.ClH/c1-16(2)29-18-9-7-17(8-10-18)22(27)26(14-6-13-25(3)4)23-24-20-15-19(28-5)11-12-21(20)30-23;/h7-12,15-16H,6,13-14H2,1-5H3;1H. The summed E-state index contributed by atoms with van der Waals surface area (Å²) in [6.07, 6.45) is 0.945. The van der Waals surface area contributed by atoms with Crippen LogP contribution in [0.1, 0.15) is 30.6 Å². The number of fused-ring (bicyclic) bond motifs is 1. The molecule has 0 aliphatic carbocycles. The highest BCUT2D eigenvalue weighted by Gasteiger charge is 2.21. The maximum atomic E-state index is 13.4. The summed E-state index contributed by atoms with van der Waals surface area (Å²) in [5, 5.41) is 0.699. The van der Waals surface area contributed by atoms with Gasteiger partial charge in [0.2, 0.25) is 0 Å². The zero-order valence-corrected chi connectivity index (χ0v) is 20.3. The SMILES string of the molecule is COc1ccc2sc(N(CCCN(C)C)C(=O)c3ccc(OC(C)C)cc3)nc2c1.Cl. The number of hydrogen-bond donors (Lipinski definition) is 0. The first-order chi connectivity index (χ1) is 14.4. The van der Waals surface area contributed by atoms with Gasteiger partial charge < -0.3 is 14.4 Å². The number of methoxy groups -OCH3 is 1. The third-order valence-corrected chi connectivity index (χ3v) is 5.58. The third kappa shape index (κ3) is 6.56. The van der Waals surface area contributed by atoms with Crippen molar-refractivity contribution in [2.45, 2.75) is 26.4 Å². The van der Waals surface area contributed by atoms with Crippen molar-refractivity contribution in [2.24, 2.45) is 0 Å². The van der Waals surface area contributed by atoms with E-state index in [9.17, 15) is 4.79 Å². The third-order valence-electron chi connectivity index (χ3n) is 4.52. The van der Waals surface area contributed by atoms with E-state index in [1.165, 1.54) is 11.3 Å². The van der Waals surface area contributed by atoms with Crippen molar-refractivity contribution in [2.75, 3.05) is 39.2 Å². The van der Waals surface area contributed by atoms with Gasteiger partial charge in [0.15, 0.2) is 5.13 Å². The van der Waals surface area contributed by atoms with Crippen LogP contribution < -0.4 is 14.4 Å². The van der Waals surface area contributed by atoms with E-state index in [4.69, 9.17) is 14.5 Å². The minimum atomic E-state index is -0.0594. The van der Waals surface area contributed by atoms with E-state index in [0.717, 1.165) is 34.7 Å². The van der Waals surface area contributed by atoms with Gasteiger partial charge in [0, 0.05) is 18.2 Å². The lowest BCUT2D eigenvalue weighted by molar-refractivity contribution is 0.0986. The van der Waals surface area contributed by atoms with E-state index in [-0.39, 0.29) is 24.4 Å². The highest BCUT2D eigenvalue weighted by Crippen LogP contribution is 2.32. The van der Waals surface area contributed by atoms with E-state index < -0.39 is 0 Å². The molecule has 168 valence electrons. The molecule has 0 fully saturated rings. The smallest absolute Gasteiger partial charge is 0.260 e. The summed E-state index contributed by atoms with van der Waals surface area (Å²) in [6.45, 7) is 5.45. The average molecular weight is 464 g/mol. The Morgan fingerprint density at radius 1 is 1.06 bits per heavy atom. The molecule has 1 heterocycles. The molecule has 31 heavy (non-hydrogen) atoms. The van der Waals surface area contributed by atoms with Crippen LogP contribution in [0, 0.1) is 0 Å². The van der Waals surface area contributed by atoms with Crippen LogP contribution in [0.25, 0.3) is 10.2 Å². The van der Waals surface area contributed by atoms with Crippen LogP contribution in [0.2, 0.25) is 0 Å². The molecule has 0 radical (unpaired) electrons. The number of nitrogens with zero attached hydrogens (tertiary/aromatic N) is 3. The number of thiazole rings is 1. The first kappa shape index (κ1) is 24.9. The van der Waals surface area contributed by atoms with E-state index in [0.29, 0.717) is 17.2 Å². The second kappa shape index (κ2) is 11.3. The van der Waals surface area contributed by atoms with Crippen LogP contribution in [0.15, 0.2) is 42.5 Å². The number of hydrogen-bond acceptors (Lipinski definition) is 6. The molecular formula is C23H30ClN3O3S. The Morgan fingerprint density at radius 2 is 1.74 bits per heavy atom. The number of carbonyl (C=O) groups is 1. The van der Waals surface area contributed by atoms with E-state index in [1.807, 2.05) is 70.4 Å². The fourth-order valence-electron chi connectivity index (χ4n) is 3.07. The van der Waals surface area contributed by atoms with Gasteiger partial charge in [0.25, 0.3) is 5.91 Å². The molecule has 0 aliphatic rings. The normalized spacial score (nSPS) is 10.9. The summed E-state index contributed by atoms with van der Waals surface area (Å²) in [6, 6.07) is 13.1. The maximum Gasteiger partial charge on any atom is 0.260 e. The molecule has 3 rings (SSSR count). The van der Waals surface area contributed by atoms with Gasteiger partial charge in [-0.3, -0.25) is 9.69 Å². The minimum Gasteiger partial charge on any atom is -0.497 e. The van der Waals surface area contributed by atoms with Crippen LogP contribution in [-0.4, -0.2) is 56.2 Å². The summed E-state index contributed by atoms with van der Waals surface area (Å²) < 4.78 is 12.0. The van der Waals surface area contributed by atoms with Crippen molar-refractivity contribution < 1.29 is 14.3 Å². The lowest BCUT2D eigenvalue weighted by Crippen LogP contribution is -2.33. The summed E-state index contributed by atoms with van der Waals surface area (Å²) in [7, 11) is 5.70. The van der Waals surface area contributed by atoms with Crippen LogP contribution in [0.3, 0.4) is 0 Å². The highest BCUT2D eigenvalue weighted by molar-refractivity contribution is 7.22. The summed E-state index contributed by atoms with van der Waals surface area (Å²) in [5.41, 5.74) is 1.45. The Balaban J connectivity index is 0.00000341. The Kier molecular flexibility index (Phi) is 9.10. The fourth-order valence-corrected chi connectivity index (χ4v) is 4.04. The Hall–Kier alpha value is -2.35. The molecule has 1 amide bonds. The zero-order chi connectivity index (χ0) is 21.7. The number of halogens is 1. The molecule has 3 aromatic rings. The van der Waals surface area contributed by atoms with Gasteiger partial charge >= 0.3 is 0 Å². The van der Waals surface area contributed by atoms with Gasteiger partial charge in [-0.15, -0.1) is 12.4 Å². The van der Waals surface area contributed by atoms with Gasteiger partial charge in [0.1, 0.15) is 11.5 Å². The van der Waals surface area contributed by atoms with Gasteiger partial charge in [-0.2, -0.15) is 0 Å². The molecule has 1 aromatic heterocycles. The summed E-state index contributed by atoms with van der Waals surface area (Å²) >= 11 is 1.52. The van der Waals surface area contributed by atoms with Gasteiger partial charge in [-0.25, -0.2) is 4.98 Å². The number of amides is 1. The fraction of sp³-hybridized carbons (Fsp3) is 0.391. The van der Waals surface area contributed by atoms with Crippen molar-refractivity contribution in [1.82, 2.24) is 9.88 Å². The maximum absolute atomic E-state index is 13.4. The predicted molar refractivity (Wildman–Crippen MR) is 130 cm³/mol. The summed E-state index contributed by atoms with van der Waals surface area (Å²) in [4.78, 5) is 22.0. The van der Waals surface area contributed by atoms with Crippen molar-refractivity contribution in [3.8, 4) is 11.5 Å². The van der Waals surface area contributed by atoms with Crippen molar-refractivity contribution >= 4 is 45.0 Å². The lowest BCUT2D eigenvalue weighted by atomic mass is 10.2. The minimum absolute atomic E-state index is 0. The van der Waals surface area contributed by atoms with E-state index in [2.05, 4.69) is 4.90 Å². The largest absolute Gasteiger partial charge is 0.497 e. The van der Waals surface area contributed by atoms with E-state index in [1.54, 1.807) is 12.0 Å². The second-order valence-corrected chi connectivity index (χ2v) is 8.64. The van der Waals surface area contributed by atoms with Crippen molar-refractivity contribution in [1.29, 1.82) is 0 Å². The number of ether oxygens (including phenoxy) is 2. The Bertz CT molecular complexity index is 989. The molecule has 0 saturated heterocycles. The van der Waals surface area contributed by atoms with E-state index >= 15 is 0 Å². The van der Waals surface area contributed by atoms with Crippen molar-refractivity contribution in [3.63, 3.8) is 0 Å². The molecular weight excluding hydrogens is 434 g/mol. The van der Waals surface area contributed by atoms with Crippen LogP contribution in [0.4, 0.5) is 5.13 Å². The number of carbonyl (C=O) groups excluding carboxylic acids is 1. The molecule has 0 aliphatic heterocycles. The highest BCUT2D eigenvalue weighted by atomic mass is 35.5. The summed E-state index contributed by atoms with van der Waals surface area (Å²) in [5.74, 6) is 1.45. The predicted octanol–water partition coefficient (Wildman–Crippen LogP) is 5.11. The molecule has 8 heteroatoms. The molecule has 0 N–H and O–H groups in total. The van der Waals surface area contributed by atoms with Crippen LogP contribution >= 0.6 is 23.7 Å². The Labute approximate surface area is 194 Å². The molecule has 0 saturated carbocycles. The molecule has 0 atom stereocenters. The molecule has 0 spiro atoms. The molecule has 6 nitrogen and oxygen atoms in total. The number of anilines is 1. The van der Waals surface area contributed by atoms with Gasteiger partial charge in [-0.05, 0) is 77.3 Å². The van der Waals surface area contributed by atoms with Crippen LogP contribution in [0.5, 0.6) is 11.5 Å². The molecule has 2 aromatic carbocycles. The first-order valence-corrected chi connectivity index (χ1v) is 10.9. The molecule has 0 bridgehead atoms. The monoisotopic (exact) mass is 463 g/mol. The van der Waals surface area contributed by atoms with Crippen molar-refractivity contribution in [3.05, 3.63) is 48.0 Å². The topological polar surface area (TPSA) is 54.9 Å². The van der Waals surface area contributed by atoms with Crippen LogP contribution in [-0.2, 0) is 0 Å². The van der Waals surface area contributed by atoms with Gasteiger partial charge in [0.05, 0.1) is 23.4 Å². The average Bonchev–Trinajstić information content (AvgIpc) is 3.13. The second-order valence-electron chi connectivity index (χ2n) is 7.63. The number of rotatable bonds is 9. The molecule has 0 unspecified atom stereocenters. The number of benzene rings is 2. The Morgan fingerprint density at radius 3 is 2.35 bits per heavy atom. The zero-order valence-electron chi connectivity index (χ0n) is 18.6. The quantitative estimate of drug-likeness (QED) is 0.441. The lowest BCUT2D eigenvalue weighted by Gasteiger charge is -2.21. The number of aromatic nitrogens is 1. The van der Waals surface area contributed by atoms with Gasteiger partial charge in [-0.1, -0.05) is 11.3 Å².